The molecule has 1 aliphatic heterocycles. The van der Waals surface area contributed by atoms with Crippen LogP contribution in [0.5, 0.6) is 0 Å². The van der Waals surface area contributed by atoms with Crippen molar-refractivity contribution in [3.8, 4) is 12.3 Å². The van der Waals surface area contributed by atoms with E-state index in [1.807, 2.05) is 0 Å². The van der Waals surface area contributed by atoms with E-state index in [1.54, 1.807) is 0 Å². The van der Waals surface area contributed by atoms with Gasteiger partial charge >= 0.3 is 0 Å². The maximum Gasteiger partial charge on any atom is 0.265 e. The molecule has 0 aromatic rings. The predicted molar refractivity (Wildman–Crippen MR) is 80.3 cm³/mol. The lowest BCUT2D eigenvalue weighted by Gasteiger charge is -2.42. The molecule has 0 aromatic carbocycles. The monoisotopic (exact) mass is 320 g/mol. The van der Waals surface area contributed by atoms with Gasteiger partial charge in [-0.1, -0.05) is 5.92 Å². The van der Waals surface area contributed by atoms with E-state index < -0.39 is 16.2 Å². The molecule has 0 aliphatic carbocycles. The number of hydrogen-bond donors (Lipinski definition) is 2. The Morgan fingerprint density at radius 3 is 2.52 bits per heavy atom. The molecule has 6 nitrogen and oxygen atoms in total. The predicted octanol–water partition coefficient (Wildman–Crippen LogP) is 0.276. The fourth-order valence-electron chi connectivity index (χ4n) is 3.02. The van der Waals surface area contributed by atoms with Crippen LogP contribution >= 0.6 is 0 Å². The van der Waals surface area contributed by atoms with Crippen molar-refractivity contribution in [3.63, 3.8) is 0 Å². The van der Waals surface area contributed by atoms with E-state index in [9.17, 15) is 13.5 Å². The fourth-order valence-corrected chi connectivity index (χ4v) is 3.51. The van der Waals surface area contributed by atoms with Gasteiger partial charge in [0, 0.05) is 6.42 Å². The average Bonchev–Trinajstić information content (AvgIpc) is 2.38. The van der Waals surface area contributed by atoms with Crippen LogP contribution in [0, 0.1) is 12.3 Å². The van der Waals surface area contributed by atoms with Crippen molar-refractivity contribution >= 4 is 10.1 Å². The molecular formula is C14H26NO5S+. The van der Waals surface area contributed by atoms with Crippen LogP contribution in [-0.2, 0) is 14.9 Å². The molecule has 1 aliphatic rings. The van der Waals surface area contributed by atoms with Gasteiger partial charge in [-0.05, 0) is 19.3 Å². The molecule has 0 unspecified atom stereocenters. The van der Waals surface area contributed by atoms with Crippen LogP contribution in [0.2, 0.25) is 0 Å². The van der Waals surface area contributed by atoms with Crippen LogP contribution in [0.25, 0.3) is 0 Å². The molecule has 1 saturated heterocycles. The second-order valence-corrected chi connectivity index (χ2v) is 7.34. The lowest BCUT2D eigenvalue weighted by Crippen LogP contribution is -2.56. The maximum absolute atomic E-state index is 10.8. The summed E-state index contributed by atoms with van der Waals surface area (Å²) in [6.45, 7) is 3.42. The number of aliphatic hydroxyl groups is 1. The van der Waals surface area contributed by atoms with Gasteiger partial charge in [-0.3, -0.25) is 4.55 Å². The second-order valence-electron chi connectivity index (χ2n) is 5.77. The van der Waals surface area contributed by atoms with Gasteiger partial charge in [0.15, 0.2) is 0 Å². The Balaban J connectivity index is 2.51. The Kier molecular flexibility index (Phi) is 7.63. The van der Waals surface area contributed by atoms with Crippen molar-refractivity contribution < 1.29 is 27.3 Å². The second kappa shape index (κ2) is 8.71. The van der Waals surface area contributed by atoms with Crippen LogP contribution in [0.1, 0.15) is 25.7 Å². The van der Waals surface area contributed by atoms with E-state index in [0.717, 1.165) is 25.9 Å². The molecule has 21 heavy (non-hydrogen) atoms. The zero-order valence-electron chi connectivity index (χ0n) is 12.4. The zero-order chi connectivity index (χ0) is 15.8. The summed E-state index contributed by atoms with van der Waals surface area (Å²) in [4.78, 5) is 0. The maximum atomic E-state index is 10.8. The first kappa shape index (κ1) is 18.4. The number of terminal acetylenes is 1. The van der Waals surface area contributed by atoms with Crippen LogP contribution in [-0.4, -0.2) is 73.8 Å². The van der Waals surface area contributed by atoms with Gasteiger partial charge in [-0.25, -0.2) is 0 Å². The first-order valence-electron chi connectivity index (χ1n) is 7.36. The van der Waals surface area contributed by atoms with Crippen molar-refractivity contribution in [1.29, 1.82) is 0 Å². The lowest BCUT2D eigenvalue weighted by atomic mass is 10.1. The summed E-state index contributed by atoms with van der Waals surface area (Å²) in [6.07, 6.45) is 8.20. The van der Waals surface area contributed by atoms with Crippen molar-refractivity contribution in [3.05, 3.63) is 0 Å². The molecule has 1 fully saturated rings. The Labute approximate surface area is 127 Å². The molecule has 122 valence electrons. The highest BCUT2D eigenvalue weighted by Crippen LogP contribution is 2.20. The standard InChI is InChI=1S/C14H25NO5S/c1-2-10-20-13-14(16)12-15(7-4-3-5-8-15)9-6-11-21(17,18)19/h1,14,16H,3-13H2/p+1/t14-/m0/s1. The highest BCUT2D eigenvalue weighted by atomic mass is 32.2. The number of hydrogen-bond acceptors (Lipinski definition) is 4. The van der Waals surface area contributed by atoms with Crippen LogP contribution < -0.4 is 0 Å². The van der Waals surface area contributed by atoms with E-state index in [0.29, 0.717) is 24.0 Å². The summed E-state index contributed by atoms with van der Waals surface area (Å²) in [5.41, 5.74) is 0. The summed E-state index contributed by atoms with van der Waals surface area (Å²) in [5.74, 6) is 2.13. The minimum absolute atomic E-state index is 0.180. The number of piperidine rings is 1. The average molecular weight is 320 g/mol. The van der Waals surface area contributed by atoms with Gasteiger partial charge in [-0.2, -0.15) is 8.42 Å². The van der Waals surface area contributed by atoms with Crippen LogP contribution in [0.15, 0.2) is 0 Å². The quantitative estimate of drug-likeness (QED) is 0.276. The SMILES string of the molecule is C#CCOC[C@@H](O)C[N+]1(CCCS(=O)(=O)O)CCCCC1. The van der Waals surface area contributed by atoms with E-state index in [1.165, 1.54) is 6.42 Å². The largest absolute Gasteiger partial charge is 0.385 e. The summed E-state index contributed by atoms with van der Waals surface area (Å²) in [7, 11) is -3.92. The van der Waals surface area contributed by atoms with Crippen molar-refractivity contribution in [2.45, 2.75) is 31.8 Å². The van der Waals surface area contributed by atoms with Crippen molar-refractivity contribution in [1.82, 2.24) is 0 Å². The lowest BCUT2D eigenvalue weighted by molar-refractivity contribution is -0.935. The number of likely N-dealkylation sites (tertiary alicyclic amines) is 1. The number of ether oxygens (including phenoxy) is 1. The van der Waals surface area contributed by atoms with E-state index in [-0.39, 0.29) is 19.0 Å². The topological polar surface area (TPSA) is 83.8 Å². The molecule has 1 heterocycles. The zero-order valence-corrected chi connectivity index (χ0v) is 13.2. The highest BCUT2D eigenvalue weighted by Gasteiger charge is 2.32. The third-order valence-corrected chi connectivity index (χ3v) is 4.70. The van der Waals surface area contributed by atoms with Gasteiger partial charge < -0.3 is 14.3 Å². The highest BCUT2D eigenvalue weighted by molar-refractivity contribution is 7.85. The number of quaternary nitrogens is 1. The molecule has 0 spiro atoms. The van der Waals surface area contributed by atoms with Gasteiger partial charge in [0.25, 0.3) is 10.1 Å². The van der Waals surface area contributed by atoms with Crippen LogP contribution in [0.4, 0.5) is 0 Å². The number of nitrogens with zero attached hydrogens (tertiary/aromatic N) is 1. The third-order valence-electron chi connectivity index (χ3n) is 3.89. The Morgan fingerprint density at radius 1 is 1.29 bits per heavy atom. The van der Waals surface area contributed by atoms with E-state index >= 15 is 0 Å². The van der Waals surface area contributed by atoms with Crippen molar-refractivity contribution in [2.75, 3.05) is 45.1 Å². The van der Waals surface area contributed by atoms with Crippen molar-refractivity contribution in [2.24, 2.45) is 0 Å². The summed E-state index contributed by atoms with van der Waals surface area (Å²) < 4.78 is 36.4. The number of aliphatic hydroxyl groups excluding tert-OH is 1. The first-order valence-corrected chi connectivity index (χ1v) is 8.97. The molecule has 1 rings (SSSR count). The molecule has 0 amide bonds. The van der Waals surface area contributed by atoms with Gasteiger partial charge in [0.2, 0.25) is 0 Å². The Hall–Kier alpha value is -0.650. The van der Waals surface area contributed by atoms with Gasteiger partial charge in [-0.15, -0.1) is 6.42 Å². The van der Waals surface area contributed by atoms with Crippen LogP contribution in [0.3, 0.4) is 0 Å². The van der Waals surface area contributed by atoms with E-state index in [2.05, 4.69) is 5.92 Å². The third kappa shape index (κ3) is 7.79. The Bertz CT molecular complexity index is 437. The number of rotatable bonds is 9. The molecular weight excluding hydrogens is 294 g/mol. The minimum atomic E-state index is -3.92. The first-order chi connectivity index (χ1) is 9.87. The fraction of sp³-hybridized carbons (Fsp3) is 0.857. The summed E-state index contributed by atoms with van der Waals surface area (Å²) in [6, 6.07) is 0. The smallest absolute Gasteiger partial charge is 0.265 e. The molecule has 7 heteroatoms. The molecule has 0 saturated carbocycles. The summed E-state index contributed by atoms with van der Waals surface area (Å²) >= 11 is 0. The molecule has 0 aromatic heterocycles. The Morgan fingerprint density at radius 2 is 1.95 bits per heavy atom. The molecule has 1 atom stereocenters. The van der Waals surface area contributed by atoms with Gasteiger partial charge in [0.05, 0.1) is 32.0 Å². The molecule has 0 radical (unpaired) electrons. The molecule has 2 N–H and O–H groups in total. The molecule has 0 bridgehead atoms. The normalized spacial score (nSPS) is 19.9. The minimum Gasteiger partial charge on any atom is -0.385 e. The van der Waals surface area contributed by atoms with Gasteiger partial charge in [0.1, 0.15) is 19.3 Å². The van der Waals surface area contributed by atoms with E-state index in [4.69, 9.17) is 15.7 Å². The summed E-state index contributed by atoms with van der Waals surface area (Å²) in [5, 5.41) is 10.1.